The summed E-state index contributed by atoms with van der Waals surface area (Å²) in [5.74, 6) is -1.58. The van der Waals surface area contributed by atoms with Gasteiger partial charge in [-0.3, -0.25) is 4.79 Å². The molecule has 22 heavy (non-hydrogen) atoms. The Kier molecular flexibility index (Phi) is 5.31. The Morgan fingerprint density at radius 2 is 1.86 bits per heavy atom. The Morgan fingerprint density at radius 3 is 2.36 bits per heavy atom. The first-order chi connectivity index (χ1) is 10.1. The van der Waals surface area contributed by atoms with E-state index in [0.717, 1.165) is 12.1 Å². The number of primary amides is 1. The molecule has 0 radical (unpaired) electrons. The topological polar surface area (TPSA) is 80.5 Å². The van der Waals surface area contributed by atoms with E-state index in [1.54, 1.807) is 6.92 Å². The molecule has 1 aromatic rings. The van der Waals surface area contributed by atoms with Gasteiger partial charge in [-0.1, -0.05) is 0 Å². The Hall–Kier alpha value is -0.510. The molecular formula is C13H15Br2FN2O3S. The summed E-state index contributed by atoms with van der Waals surface area (Å²) in [6.45, 7) is 1.81. The Morgan fingerprint density at radius 1 is 1.32 bits per heavy atom. The summed E-state index contributed by atoms with van der Waals surface area (Å²) in [7, 11) is -3.89. The number of hydrogen-bond acceptors (Lipinski definition) is 3. The van der Waals surface area contributed by atoms with Crippen LogP contribution in [0.25, 0.3) is 0 Å². The fourth-order valence-electron chi connectivity index (χ4n) is 2.53. The minimum Gasteiger partial charge on any atom is -0.369 e. The van der Waals surface area contributed by atoms with E-state index in [-0.39, 0.29) is 26.4 Å². The molecule has 0 bridgehead atoms. The van der Waals surface area contributed by atoms with E-state index in [4.69, 9.17) is 5.73 Å². The molecule has 2 unspecified atom stereocenters. The van der Waals surface area contributed by atoms with Crippen molar-refractivity contribution in [2.24, 2.45) is 11.7 Å². The summed E-state index contributed by atoms with van der Waals surface area (Å²) in [6, 6.07) is 1.93. The second-order valence-corrected chi connectivity index (χ2v) is 8.84. The van der Waals surface area contributed by atoms with Crippen LogP contribution in [-0.2, 0) is 14.8 Å². The van der Waals surface area contributed by atoms with Crippen molar-refractivity contribution in [3.8, 4) is 0 Å². The number of sulfonamides is 1. The Labute approximate surface area is 145 Å². The van der Waals surface area contributed by atoms with Gasteiger partial charge >= 0.3 is 0 Å². The number of nitrogens with two attached hydrogens (primary N) is 1. The van der Waals surface area contributed by atoms with Crippen molar-refractivity contribution < 1.29 is 17.6 Å². The molecule has 0 spiro atoms. The molecule has 1 saturated heterocycles. The molecule has 1 aliphatic rings. The van der Waals surface area contributed by atoms with E-state index < -0.39 is 27.7 Å². The summed E-state index contributed by atoms with van der Waals surface area (Å²) >= 11 is 6.19. The summed E-state index contributed by atoms with van der Waals surface area (Å²) in [5.41, 5.74) is 5.31. The molecule has 1 heterocycles. The van der Waals surface area contributed by atoms with Gasteiger partial charge in [0.05, 0.1) is 5.92 Å². The Balaban J connectivity index is 2.47. The zero-order chi connectivity index (χ0) is 16.7. The first-order valence-corrected chi connectivity index (χ1v) is 9.63. The Bertz CT molecular complexity index is 688. The van der Waals surface area contributed by atoms with Crippen LogP contribution in [-0.4, -0.2) is 31.2 Å². The number of hydrogen-bond donors (Lipinski definition) is 1. The first-order valence-electron chi connectivity index (χ1n) is 6.60. The van der Waals surface area contributed by atoms with Crippen LogP contribution in [0.2, 0.25) is 0 Å². The van der Waals surface area contributed by atoms with Crippen LogP contribution in [0.4, 0.5) is 4.39 Å². The van der Waals surface area contributed by atoms with Crippen LogP contribution in [0.15, 0.2) is 26.0 Å². The normalized spacial score (nSPS) is 23.5. The zero-order valence-corrected chi connectivity index (χ0v) is 15.7. The SMILES string of the molecule is CC1CCC(C(N)=O)CN1S(=O)(=O)c1c(Br)cc(F)cc1Br. The number of rotatable bonds is 3. The lowest BCUT2D eigenvalue weighted by molar-refractivity contribution is -0.123. The highest BCUT2D eigenvalue weighted by Gasteiger charge is 2.38. The summed E-state index contributed by atoms with van der Waals surface area (Å²) in [5, 5.41) is 0. The number of halogens is 3. The molecule has 5 nitrogen and oxygen atoms in total. The van der Waals surface area contributed by atoms with E-state index >= 15 is 0 Å². The molecule has 2 N–H and O–H groups in total. The second kappa shape index (κ2) is 6.54. The van der Waals surface area contributed by atoms with Crippen molar-refractivity contribution in [2.45, 2.75) is 30.7 Å². The van der Waals surface area contributed by atoms with E-state index in [2.05, 4.69) is 31.9 Å². The van der Waals surface area contributed by atoms with Gasteiger partial charge in [0.1, 0.15) is 10.7 Å². The minimum absolute atomic E-state index is 0.0368. The van der Waals surface area contributed by atoms with Gasteiger partial charge in [-0.25, -0.2) is 12.8 Å². The smallest absolute Gasteiger partial charge is 0.245 e. The largest absolute Gasteiger partial charge is 0.369 e. The maximum atomic E-state index is 13.4. The third kappa shape index (κ3) is 3.37. The average molecular weight is 458 g/mol. The third-order valence-electron chi connectivity index (χ3n) is 3.76. The van der Waals surface area contributed by atoms with Crippen molar-refractivity contribution in [3.63, 3.8) is 0 Å². The lowest BCUT2D eigenvalue weighted by atomic mass is 9.95. The molecule has 9 heteroatoms. The van der Waals surface area contributed by atoms with E-state index in [1.807, 2.05) is 0 Å². The van der Waals surface area contributed by atoms with Gasteiger partial charge in [0.25, 0.3) is 0 Å². The number of nitrogens with zero attached hydrogens (tertiary/aromatic N) is 1. The van der Waals surface area contributed by atoms with Crippen molar-refractivity contribution in [2.75, 3.05) is 6.54 Å². The fraction of sp³-hybridized carbons (Fsp3) is 0.462. The van der Waals surface area contributed by atoms with Gasteiger partial charge in [0.2, 0.25) is 15.9 Å². The zero-order valence-electron chi connectivity index (χ0n) is 11.7. The summed E-state index contributed by atoms with van der Waals surface area (Å²) in [6.07, 6.45) is 1.11. The lowest BCUT2D eigenvalue weighted by Crippen LogP contribution is -2.48. The van der Waals surface area contributed by atoms with E-state index in [9.17, 15) is 17.6 Å². The molecule has 1 fully saturated rings. The highest BCUT2D eigenvalue weighted by atomic mass is 79.9. The average Bonchev–Trinajstić information content (AvgIpc) is 2.36. The van der Waals surface area contributed by atoms with Crippen LogP contribution < -0.4 is 5.73 Å². The maximum Gasteiger partial charge on any atom is 0.245 e. The molecule has 0 saturated carbocycles. The predicted octanol–water partition coefficient (Wildman–Crippen LogP) is 2.63. The van der Waals surface area contributed by atoms with Crippen molar-refractivity contribution in [1.82, 2.24) is 4.31 Å². The monoisotopic (exact) mass is 456 g/mol. The molecule has 1 aliphatic heterocycles. The van der Waals surface area contributed by atoms with Gasteiger partial charge < -0.3 is 5.73 Å². The second-order valence-electron chi connectivity index (χ2n) is 5.30. The highest BCUT2D eigenvalue weighted by Crippen LogP contribution is 2.36. The first kappa shape index (κ1) is 17.8. The number of benzene rings is 1. The summed E-state index contributed by atoms with van der Waals surface area (Å²) in [4.78, 5) is 11.3. The van der Waals surface area contributed by atoms with Crippen molar-refractivity contribution >= 4 is 47.8 Å². The number of carbonyl (C=O) groups is 1. The van der Waals surface area contributed by atoms with Crippen LogP contribution in [0.5, 0.6) is 0 Å². The van der Waals surface area contributed by atoms with Gasteiger partial charge in [0, 0.05) is 21.5 Å². The highest BCUT2D eigenvalue weighted by molar-refractivity contribution is 9.11. The molecule has 1 amide bonds. The van der Waals surface area contributed by atoms with Crippen LogP contribution in [0.1, 0.15) is 19.8 Å². The lowest BCUT2D eigenvalue weighted by Gasteiger charge is -2.36. The quantitative estimate of drug-likeness (QED) is 0.757. The molecular weight excluding hydrogens is 443 g/mol. The van der Waals surface area contributed by atoms with Crippen LogP contribution in [0.3, 0.4) is 0 Å². The van der Waals surface area contributed by atoms with Gasteiger partial charge in [-0.15, -0.1) is 0 Å². The summed E-state index contributed by atoms with van der Waals surface area (Å²) < 4.78 is 40.7. The number of amides is 1. The van der Waals surface area contributed by atoms with Crippen molar-refractivity contribution in [1.29, 1.82) is 0 Å². The van der Waals surface area contributed by atoms with Crippen molar-refractivity contribution in [3.05, 3.63) is 26.9 Å². The molecule has 2 atom stereocenters. The standard InChI is InChI=1S/C13H15Br2FN2O3S/c1-7-2-3-8(13(17)19)6-18(7)22(20,21)12-10(14)4-9(16)5-11(12)15/h4-5,7-8H,2-3,6H2,1H3,(H2,17,19). The van der Waals surface area contributed by atoms with Gasteiger partial charge in [-0.2, -0.15) is 4.31 Å². The maximum absolute atomic E-state index is 13.4. The van der Waals surface area contributed by atoms with E-state index in [0.29, 0.717) is 12.8 Å². The third-order valence-corrected chi connectivity index (χ3v) is 7.61. The molecule has 122 valence electrons. The molecule has 2 rings (SSSR count). The molecule has 1 aromatic carbocycles. The predicted molar refractivity (Wildman–Crippen MR) is 87.1 cm³/mol. The molecule has 0 aromatic heterocycles. The van der Waals surface area contributed by atoms with Crippen LogP contribution in [0, 0.1) is 11.7 Å². The molecule has 0 aliphatic carbocycles. The van der Waals surface area contributed by atoms with E-state index in [1.165, 1.54) is 4.31 Å². The number of carbonyl (C=O) groups excluding carboxylic acids is 1. The minimum atomic E-state index is -3.89. The van der Waals surface area contributed by atoms with Gasteiger partial charge in [-0.05, 0) is 63.8 Å². The van der Waals surface area contributed by atoms with Gasteiger partial charge in [0.15, 0.2) is 0 Å². The fourth-order valence-corrected chi connectivity index (χ4v) is 6.69. The van der Waals surface area contributed by atoms with Crippen LogP contribution >= 0.6 is 31.9 Å². The number of piperidine rings is 1.